The summed E-state index contributed by atoms with van der Waals surface area (Å²) in [4.78, 5) is 6.50. The van der Waals surface area contributed by atoms with Crippen LogP contribution in [0.25, 0.3) is 0 Å². The maximum atomic E-state index is 6.11. The SMILES string of the molecule is CN(Cc1ccncc1)CC1(CN)CCCCCC1. The Kier molecular flexibility index (Phi) is 5.34. The van der Waals surface area contributed by atoms with Crippen molar-refractivity contribution in [2.75, 3.05) is 20.1 Å². The monoisotopic (exact) mass is 261 g/mol. The average Bonchev–Trinajstić information content (AvgIpc) is 2.66. The standard InChI is InChI=1S/C16H27N3/c1-19(12-15-6-10-18-11-7-15)14-16(13-17)8-4-2-3-5-9-16/h6-7,10-11H,2-5,8-9,12-14,17H2,1H3. The summed E-state index contributed by atoms with van der Waals surface area (Å²) in [6, 6.07) is 4.19. The van der Waals surface area contributed by atoms with Crippen molar-refractivity contribution in [1.29, 1.82) is 0 Å². The summed E-state index contributed by atoms with van der Waals surface area (Å²) in [5.41, 5.74) is 7.79. The topological polar surface area (TPSA) is 42.2 Å². The number of nitrogens with two attached hydrogens (primary N) is 1. The third-order valence-electron chi connectivity index (χ3n) is 4.40. The molecule has 1 heterocycles. The van der Waals surface area contributed by atoms with E-state index >= 15 is 0 Å². The van der Waals surface area contributed by atoms with Crippen molar-refractivity contribution >= 4 is 0 Å². The van der Waals surface area contributed by atoms with E-state index in [1.54, 1.807) is 0 Å². The Labute approximate surface area is 117 Å². The number of pyridine rings is 1. The molecule has 0 bridgehead atoms. The molecular weight excluding hydrogens is 234 g/mol. The summed E-state index contributed by atoms with van der Waals surface area (Å²) in [7, 11) is 2.21. The van der Waals surface area contributed by atoms with Crippen LogP contribution in [0.15, 0.2) is 24.5 Å². The Morgan fingerprint density at radius 1 is 1.16 bits per heavy atom. The van der Waals surface area contributed by atoms with Crippen LogP contribution < -0.4 is 5.73 Å². The van der Waals surface area contributed by atoms with Crippen LogP contribution in [0.3, 0.4) is 0 Å². The van der Waals surface area contributed by atoms with Gasteiger partial charge in [0.1, 0.15) is 0 Å². The Bertz CT molecular complexity index is 356. The lowest BCUT2D eigenvalue weighted by Crippen LogP contribution is -2.40. The highest BCUT2D eigenvalue weighted by atomic mass is 15.1. The van der Waals surface area contributed by atoms with Crippen LogP contribution in [0.2, 0.25) is 0 Å². The zero-order chi connectivity index (χ0) is 13.6. The highest BCUT2D eigenvalue weighted by Gasteiger charge is 2.30. The van der Waals surface area contributed by atoms with Gasteiger partial charge >= 0.3 is 0 Å². The van der Waals surface area contributed by atoms with Crippen LogP contribution in [-0.2, 0) is 6.54 Å². The van der Waals surface area contributed by atoms with Crippen LogP contribution in [0.5, 0.6) is 0 Å². The molecule has 0 unspecified atom stereocenters. The van der Waals surface area contributed by atoms with Crippen LogP contribution in [0, 0.1) is 5.41 Å². The molecule has 0 aromatic carbocycles. The van der Waals surface area contributed by atoms with Crippen LogP contribution >= 0.6 is 0 Å². The van der Waals surface area contributed by atoms with Crippen molar-refractivity contribution in [3.8, 4) is 0 Å². The van der Waals surface area contributed by atoms with Crippen molar-refractivity contribution < 1.29 is 0 Å². The van der Waals surface area contributed by atoms with Crippen molar-refractivity contribution in [2.45, 2.75) is 45.1 Å². The van der Waals surface area contributed by atoms with Gasteiger partial charge in [-0.2, -0.15) is 0 Å². The van der Waals surface area contributed by atoms with Gasteiger partial charge < -0.3 is 10.6 Å². The number of hydrogen-bond donors (Lipinski definition) is 1. The van der Waals surface area contributed by atoms with Gasteiger partial charge in [-0.1, -0.05) is 25.7 Å². The molecule has 1 saturated carbocycles. The summed E-state index contributed by atoms with van der Waals surface area (Å²) in [6.07, 6.45) is 11.8. The molecule has 0 amide bonds. The Morgan fingerprint density at radius 2 is 1.79 bits per heavy atom. The van der Waals surface area contributed by atoms with E-state index < -0.39 is 0 Å². The molecule has 3 nitrogen and oxygen atoms in total. The number of rotatable bonds is 5. The van der Waals surface area contributed by atoms with E-state index in [0.29, 0.717) is 5.41 Å². The zero-order valence-electron chi connectivity index (χ0n) is 12.1. The lowest BCUT2D eigenvalue weighted by atomic mass is 9.80. The molecule has 0 spiro atoms. The first kappa shape index (κ1) is 14.5. The van der Waals surface area contributed by atoms with Gasteiger partial charge in [-0.15, -0.1) is 0 Å². The molecule has 0 aliphatic heterocycles. The Balaban J connectivity index is 1.93. The van der Waals surface area contributed by atoms with Gasteiger partial charge in [-0.3, -0.25) is 4.98 Å². The predicted octanol–water partition coefficient (Wildman–Crippen LogP) is 2.81. The number of aromatic nitrogens is 1. The minimum absolute atomic E-state index is 0.346. The minimum Gasteiger partial charge on any atom is -0.330 e. The van der Waals surface area contributed by atoms with Crippen LogP contribution in [0.1, 0.15) is 44.1 Å². The Hall–Kier alpha value is -0.930. The lowest BCUT2D eigenvalue weighted by Gasteiger charge is -2.35. The molecule has 106 valence electrons. The zero-order valence-corrected chi connectivity index (χ0v) is 12.1. The molecule has 19 heavy (non-hydrogen) atoms. The van der Waals surface area contributed by atoms with Crippen LogP contribution in [0.4, 0.5) is 0 Å². The molecule has 0 saturated heterocycles. The van der Waals surface area contributed by atoms with E-state index in [1.807, 2.05) is 12.4 Å². The van der Waals surface area contributed by atoms with Gasteiger partial charge in [0, 0.05) is 25.5 Å². The molecule has 3 heteroatoms. The summed E-state index contributed by atoms with van der Waals surface area (Å²) in [6.45, 7) is 2.93. The normalized spacial score (nSPS) is 19.3. The second-order valence-electron chi connectivity index (χ2n) is 6.15. The maximum absolute atomic E-state index is 6.11. The maximum Gasteiger partial charge on any atom is 0.0271 e. The molecular formula is C16H27N3. The molecule has 1 fully saturated rings. The predicted molar refractivity (Wildman–Crippen MR) is 79.8 cm³/mol. The summed E-state index contributed by atoms with van der Waals surface area (Å²) < 4.78 is 0. The molecule has 0 radical (unpaired) electrons. The number of hydrogen-bond acceptors (Lipinski definition) is 3. The lowest BCUT2D eigenvalue weighted by molar-refractivity contribution is 0.153. The first-order chi connectivity index (χ1) is 9.24. The van der Waals surface area contributed by atoms with Crippen LogP contribution in [-0.4, -0.2) is 30.0 Å². The summed E-state index contributed by atoms with van der Waals surface area (Å²) in [5, 5.41) is 0. The molecule has 2 rings (SSSR count). The average molecular weight is 261 g/mol. The fourth-order valence-electron chi connectivity index (χ4n) is 3.33. The first-order valence-corrected chi connectivity index (χ1v) is 7.52. The molecule has 1 aromatic rings. The van der Waals surface area contributed by atoms with Gasteiger partial charge in [0.05, 0.1) is 0 Å². The third kappa shape index (κ3) is 4.29. The molecule has 1 aliphatic carbocycles. The molecule has 1 aliphatic rings. The van der Waals surface area contributed by atoms with Gasteiger partial charge in [0.2, 0.25) is 0 Å². The van der Waals surface area contributed by atoms with E-state index in [1.165, 1.54) is 44.1 Å². The van der Waals surface area contributed by atoms with E-state index in [2.05, 4.69) is 29.1 Å². The Morgan fingerprint density at radius 3 is 2.37 bits per heavy atom. The van der Waals surface area contributed by atoms with Crippen molar-refractivity contribution in [1.82, 2.24) is 9.88 Å². The summed E-state index contributed by atoms with van der Waals surface area (Å²) >= 11 is 0. The highest BCUT2D eigenvalue weighted by Crippen LogP contribution is 2.34. The van der Waals surface area contributed by atoms with Crippen molar-refractivity contribution in [2.24, 2.45) is 11.1 Å². The fraction of sp³-hybridized carbons (Fsp3) is 0.688. The smallest absolute Gasteiger partial charge is 0.0271 e. The quantitative estimate of drug-likeness (QED) is 0.829. The van der Waals surface area contributed by atoms with Crippen molar-refractivity contribution in [3.05, 3.63) is 30.1 Å². The molecule has 0 atom stereocenters. The van der Waals surface area contributed by atoms with E-state index in [9.17, 15) is 0 Å². The molecule has 2 N–H and O–H groups in total. The highest BCUT2D eigenvalue weighted by molar-refractivity contribution is 5.09. The second-order valence-corrected chi connectivity index (χ2v) is 6.15. The number of nitrogens with zero attached hydrogens (tertiary/aromatic N) is 2. The van der Waals surface area contributed by atoms with Gasteiger partial charge in [0.15, 0.2) is 0 Å². The third-order valence-corrected chi connectivity index (χ3v) is 4.40. The van der Waals surface area contributed by atoms with E-state index in [-0.39, 0.29) is 0 Å². The van der Waals surface area contributed by atoms with E-state index in [4.69, 9.17) is 5.73 Å². The summed E-state index contributed by atoms with van der Waals surface area (Å²) in [5.74, 6) is 0. The minimum atomic E-state index is 0.346. The molecule has 1 aromatic heterocycles. The van der Waals surface area contributed by atoms with Crippen molar-refractivity contribution in [3.63, 3.8) is 0 Å². The fourth-order valence-corrected chi connectivity index (χ4v) is 3.33. The van der Waals surface area contributed by atoms with Gasteiger partial charge in [-0.25, -0.2) is 0 Å². The van der Waals surface area contributed by atoms with E-state index in [0.717, 1.165) is 19.6 Å². The van der Waals surface area contributed by atoms with Gasteiger partial charge in [0.25, 0.3) is 0 Å². The van der Waals surface area contributed by atoms with Gasteiger partial charge in [-0.05, 0) is 49.5 Å². The second kappa shape index (κ2) is 7.01. The first-order valence-electron chi connectivity index (χ1n) is 7.52. The largest absolute Gasteiger partial charge is 0.330 e.